The maximum Gasteiger partial charge on any atom is 0.208 e. The Morgan fingerprint density at radius 2 is 1.81 bits per heavy atom. The third kappa shape index (κ3) is 6.22. The Labute approximate surface area is 105 Å². The fourth-order valence-electron chi connectivity index (χ4n) is 1.16. The summed E-state index contributed by atoms with van der Waals surface area (Å²) in [6.45, 7) is 1.76. The first kappa shape index (κ1) is 13.6. The summed E-state index contributed by atoms with van der Waals surface area (Å²) >= 11 is 3.36. The lowest BCUT2D eigenvalue weighted by molar-refractivity contribution is 0.582. The summed E-state index contributed by atoms with van der Waals surface area (Å²) in [5.74, 6) is 0. The topological polar surface area (TPSA) is 58.2 Å². The molecule has 1 aromatic rings. The van der Waals surface area contributed by atoms with Crippen LogP contribution in [-0.2, 0) is 16.6 Å². The minimum Gasteiger partial charge on any atom is -0.311 e. The molecule has 2 N–H and O–H groups in total. The highest BCUT2D eigenvalue weighted by molar-refractivity contribution is 9.10. The quantitative estimate of drug-likeness (QED) is 0.774. The number of halogens is 1. The predicted octanol–water partition coefficient (Wildman–Crippen LogP) is 1.09. The first-order valence-electron chi connectivity index (χ1n) is 4.87. The summed E-state index contributed by atoms with van der Waals surface area (Å²) in [6, 6.07) is 7.99. The van der Waals surface area contributed by atoms with Gasteiger partial charge >= 0.3 is 0 Å². The molecule has 0 unspecified atom stereocenters. The lowest BCUT2D eigenvalue weighted by Crippen LogP contribution is -2.30. The van der Waals surface area contributed by atoms with Gasteiger partial charge in [0.2, 0.25) is 10.0 Å². The van der Waals surface area contributed by atoms with Gasteiger partial charge in [-0.05, 0) is 17.7 Å². The lowest BCUT2D eigenvalue weighted by Gasteiger charge is -2.05. The average Bonchev–Trinajstić information content (AvgIpc) is 2.19. The van der Waals surface area contributed by atoms with E-state index in [-0.39, 0.29) is 0 Å². The normalized spacial score (nSPS) is 11.6. The second-order valence-corrected chi connectivity index (χ2v) is 6.22. The fraction of sp³-hybridized carbons (Fsp3) is 0.400. The van der Waals surface area contributed by atoms with Crippen LogP contribution in [0.2, 0.25) is 0 Å². The molecule has 6 heteroatoms. The number of nitrogens with one attached hydrogen (secondary N) is 2. The summed E-state index contributed by atoms with van der Waals surface area (Å²) in [7, 11) is -3.07. The van der Waals surface area contributed by atoms with Gasteiger partial charge < -0.3 is 5.32 Å². The molecule has 16 heavy (non-hydrogen) atoms. The van der Waals surface area contributed by atoms with E-state index in [9.17, 15) is 8.42 Å². The van der Waals surface area contributed by atoms with Crippen LogP contribution in [0, 0.1) is 0 Å². The third-order valence-corrected chi connectivity index (χ3v) is 3.17. The highest BCUT2D eigenvalue weighted by atomic mass is 79.9. The van der Waals surface area contributed by atoms with Gasteiger partial charge in [-0.2, -0.15) is 0 Å². The molecule has 0 fully saturated rings. The number of rotatable bonds is 6. The highest BCUT2D eigenvalue weighted by Crippen LogP contribution is 2.09. The molecule has 4 nitrogen and oxygen atoms in total. The smallest absolute Gasteiger partial charge is 0.208 e. The van der Waals surface area contributed by atoms with Crippen molar-refractivity contribution in [3.05, 3.63) is 34.3 Å². The largest absolute Gasteiger partial charge is 0.311 e. The second kappa shape index (κ2) is 6.34. The summed E-state index contributed by atoms with van der Waals surface area (Å²) in [6.07, 6.45) is 1.15. The standard InChI is InChI=1S/C10H15BrN2O2S/c1-16(14,15)13-7-6-12-8-9-2-4-10(11)5-3-9/h2-5,12-13H,6-8H2,1H3. The molecule has 0 amide bonds. The van der Waals surface area contributed by atoms with Crippen LogP contribution in [0.4, 0.5) is 0 Å². The minimum atomic E-state index is -3.07. The first-order chi connectivity index (χ1) is 7.47. The van der Waals surface area contributed by atoms with Gasteiger partial charge in [-0.1, -0.05) is 28.1 Å². The van der Waals surface area contributed by atoms with Crippen LogP contribution in [0.5, 0.6) is 0 Å². The van der Waals surface area contributed by atoms with Crippen molar-refractivity contribution in [2.24, 2.45) is 0 Å². The van der Waals surface area contributed by atoms with E-state index in [2.05, 4.69) is 26.0 Å². The molecule has 1 aromatic carbocycles. The van der Waals surface area contributed by atoms with Crippen LogP contribution >= 0.6 is 15.9 Å². The molecule has 0 aliphatic rings. The van der Waals surface area contributed by atoms with Crippen LogP contribution in [0.25, 0.3) is 0 Å². The zero-order valence-electron chi connectivity index (χ0n) is 9.03. The Bertz CT molecular complexity index is 417. The summed E-state index contributed by atoms with van der Waals surface area (Å²) in [4.78, 5) is 0. The molecule has 90 valence electrons. The molecular weight excluding hydrogens is 292 g/mol. The second-order valence-electron chi connectivity index (χ2n) is 3.47. The van der Waals surface area contributed by atoms with Gasteiger partial charge in [0.25, 0.3) is 0 Å². The van der Waals surface area contributed by atoms with Gasteiger partial charge in [0.15, 0.2) is 0 Å². The lowest BCUT2D eigenvalue weighted by atomic mass is 10.2. The number of hydrogen-bond donors (Lipinski definition) is 2. The fourth-order valence-corrected chi connectivity index (χ4v) is 1.90. The minimum absolute atomic E-state index is 0.412. The molecule has 0 aliphatic carbocycles. The molecule has 0 bridgehead atoms. The molecule has 0 heterocycles. The van der Waals surface area contributed by atoms with Crippen molar-refractivity contribution in [1.29, 1.82) is 0 Å². The Hall–Kier alpha value is -0.430. The van der Waals surface area contributed by atoms with Crippen molar-refractivity contribution in [2.45, 2.75) is 6.54 Å². The Morgan fingerprint density at radius 3 is 2.38 bits per heavy atom. The Morgan fingerprint density at radius 1 is 1.19 bits per heavy atom. The van der Waals surface area contributed by atoms with E-state index in [1.165, 1.54) is 5.56 Å². The van der Waals surface area contributed by atoms with Crippen molar-refractivity contribution >= 4 is 26.0 Å². The van der Waals surface area contributed by atoms with E-state index in [1.54, 1.807) is 0 Å². The molecule has 0 saturated heterocycles. The van der Waals surface area contributed by atoms with Crippen LogP contribution in [0.15, 0.2) is 28.7 Å². The van der Waals surface area contributed by atoms with Crippen LogP contribution < -0.4 is 10.0 Å². The number of benzene rings is 1. The first-order valence-corrected chi connectivity index (χ1v) is 7.55. The van der Waals surface area contributed by atoms with E-state index in [1.807, 2.05) is 24.3 Å². The summed E-state index contributed by atoms with van der Waals surface area (Å²) < 4.78 is 25.0. The van der Waals surface area contributed by atoms with E-state index < -0.39 is 10.0 Å². The van der Waals surface area contributed by atoms with Gasteiger partial charge in [0.05, 0.1) is 6.26 Å². The number of sulfonamides is 1. The predicted molar refractivity (Wildman–Crippen MR) is 68.7 cm³/mol. The van der Waals surface area contributed by atoms with E-state index >= 15 is 0 Å². The van der Waals surface area contributed by atoms with Gasteiger partial charge in [-0.25, -0.2) is 13.1 Å². The molecule has 0 atom stereocenters. The van der Waals surface area contributed by atoms with Crippen molar-refractivity contribution in [3.63, 3.8) is 0 Å². The zero-order chi connectivity index (χ0) is 12.0. The van der Waals surface area contributed by atoms with Crippen molar-refractivity contribution in [2.75, 3.05) is 19.3 Å². The summed E-state index contributed by atoms with van der Waals surface area (Å²) in [5, 5.41) is 3.15. The molecule has 0 saturated carbocycles. The van der Waals surface area contributed by atoms with Gasteiger partial charge in [-0.15, -0.1) is 0 Å². The van der Waals surface area contributed by atoms with E-state index in [4.69, 9.17) is 0 Å². The van der Waals surface area contributed by atoms with Gasteiger partial charge in [-0.3, -0.25) is 0 Å². The van der Waals surface area contributed by atoms with E-state index in [0.29, 0.717) is 13.1 Å². The van der Waals surface area contributed by atoms with E-state index in [0.717, 1.165) is 17.3 Å². The van der Waals surface area contributed by atoms with Gasteiger partial charge in [0.1, 0.15) is 0 Å². The SMILES string of the molecule is CS(=O)(=O)NCCNCc1ccc(Br)cc1. The zero-order valence-corrected chi connectivity index (χ0v) is 11.4. The Kier molecular flexibility index (Phi) is 5.40. The molecule has 0 aliphatic heterocycles. The Balaban J connectivity index is 2.19. The highest BCUT2D eigenvalue weighted by Gasteiger charge is 1.98. The van der Waals surface area contributed by atoms with Crippen LogP contribution in [0.3, 0.4) is 0 Å². The average molecular weight is 307 g/mol. The molecule has 0 aromatic heterocycles. The summed E-state index contributed by atoms with van der Waals surface area (Å²) in [5.41, 5.74) is 1.17. The van der Waals surface area contributed by atoms with Crippen LogP contribution in [0.1, 0.15) is 5.56 Å². The third-order valence-electron chi connectivity index (χ3n) is 1.91. The molecule has 0 spiro atoms. The molecular formula is C10H15BrN2O2S. The van der Waals surface area contributed by atoms with Crippen molar-refractivity contribution < 1.29 is 8.42 Å². The molecule has 0 radical (unpaired) electrons. The van der Waals surface area contributed by atoms with Crippen molar-refractivity contribution in [1.82, 2.24) is 10.0 Å². The van der Waals surface area contributed by atoms with Crippen molar-refractivity contribution in [3.8, 4) is 0 Å². The number of hydrogen-bond acceptors (Lipinski definition) is 3. The van der Waals surface area contributed by atoms with Gasteiger partial charge in [0, 0.05) is 24.1 Å². The maximum absolute atomic E-state index is 10.8. The molecule has 1 rings (SSSR count). The van der Waals surface area contributed by atoms with Crippen LogP contribution in [-0.4, -0.2) is 27.8 Å². The maximum atomic E-state index is 10.8. The monoisotopic (exact) mass is 306 g/mol.